The molecule has 0 unspecified atom stereocenters. The van der Waals surface area contributed by atoms with Gasteiger partial charge >= 0.3 is 0 Å². The maximum absolute atomic E-state index is 12.7. The minimum Gasteiger partial charge on any atom is -0.355 e. The van der Waals surface area contributed by atoms with Crippen molar-refractivity contribution in [3.05, 3.63) is 35.6 Å². The van der Waals surface area contributed by atoms with Crippen LogP contribution in [0.1, 0.15) is 25.8 Å². The van der Waals surface area contributed by atoms with Crippen LogP contribution in [0.4, 0.5) is 4.39 Å². The third kappa shape index (κ3) is 5.38. The number of nitrogens with zero attached hydrogens (tertiary/aromatic N) is 1. The molecule has 0 radical (unpaired) electrons. The Bertz CT molecular complexity index is 442. The van der Waals surface area contributed by atoms with Gasteiger partial charge in [0.05, 0.1) is 0 Å². The fraction of sp³-hybridized carbons (Fsp3) is 0.467. The maximum Gasteiger partial charge on any atom is 0.231 e. The highest BCUT2D eigenvalue weighted by Gasteiger charge is 2.13. The quantitative estimate of drug-likeness (QED) is 0.773. The van der Waals surface area contributed by atoms with E-state index in [-0.39, 0.29) is 24.1 Å². The van der Waals surface area contributed by atoms with Crippen LogP contribution in [0.3, 0.4) is 0 Å². The second-order valence-corrected chi connectivity index (χ2v) is 4.47. The summed E-state index contributed by atoms with van der Waals surface area (Å²) in [7, 11) is 0. The van der Waals surface area contributed by atoms with Crippen molar-refractivity contribution in [3.8, 4) is 0 Å². The smallest absolute Gasteiger partial charge is 0.231 e. The van der Waals surface area contributed by atoms with Crippen molar-refractivity contribution in [2.45, 2.75) is 26.7 Å². The van der Waals surface area contributed by atoms with Gasteiger partial charge in [-0.2, -0.15) is 0 Å². The third-order valence-corrected chi connectivity index (χ3v) is 3.08. The van der Waals surface area contributed by atoms with Crippen LogP contribution in [0.15, 0.2) is 24.3 Å². The summed E-state index contributed by atoms with van der Waals surface area (Å²) >= 11 is 0. The van der Waals surface area contributed by atoms with Gasteiger partial charge in [-0.05, 0) is 38.0 Å². The summed E-state index contributed by atoms with van der Waals surface area (Å²) in [5.74, 6) is -0.708. The molecule has 0 atom stereocenters. The van der Waals surface area contributed by atoms with Crippen LogP contribution in [0.5, 0.6) is 0 Å². The standard InChI is InChI=1S/C15H21FN2O2/c1-3-18(4-2)15(20)11-14(19)17-10-9-12-5-7-13(16)8-6-12/h5-8H,3-4,9-11H2,1-2H3,(H,17,19). The van der Waals surface area contributed by atoms with Crippen molar-refractivity contribution in [3.63, 3.8) is 0 Å². The van der Waals surface area contributed by atoms with Crippen LogP contribution in [0.2, 0.25) is 0 Å². The predicted octanol–water partition coefficient (Wildman–Crippen LogP) is 1.74. The monoisotopic (exact) mass is 280 g/mol. The molecule has 20 heavy (non-hydrogen) atoms. The van der Waals surface area contributed by atoms with E-state index in [1.54, 1.807) is 17.0 Å². The number of rotatable bonds is 7. The second-order valence-electron chi connectivity index (χ2n) is 4.47. The first-order valence-corrected chi connectivity index (χ1v) is 6.85. The van der Waals surface area contributed by atoms with Crippen LogP contribution >= 0.6 is 0 Å². The van der Waals surface area contributed by atoms with Crippen LogP contribution in [-0.4, -0.2) is 36.3 Å². The molecule has 1 rings (SSSR count). The van der Waals surface area contributed by atoms with Crippen LogP contribution in [0.25, 0.3) is 0 Å². The van der Waals surface area contributed by atoms with E-state index < -0.39 is 0 Å². The molecule has 4 nitrogen and oxygen atoms in total. The summed E-state index contributed by atoms with van der Waals surface area (Å²) in [5.41, 5.74) is 0.946. The number of amides is 2. The Balaban J connectivity index is 2.29. The van der Waals surface area contributed by atoms with Gasteiger partial charge in [0.2, 0.25) is 11.8 Å². The molecule has 1 aromatic rings. The Labute approximate surface area is 119 Å². The van der Waals surface area contributed by atoms with Crippen LogP contribution in [0, 0.1) is 5.82 Å². The molecule has 0 aliphatic heterocycles. The van der Waals surface area contributed by atoms with E-state index >= 15 is 0 Å². The summed E-state index contributed by atoms with van der Waals surface area (Å²) < 4.78 is 12.7. The number of carbonyl (C=O) groups is 2. The van der Waals surface area contributed by atoms with E-state index in [4.69, 9.17) is 0 Å². The lowest BCUT2D eigenvalue weighted by Gasteiger charge is -2.18. The van der Waals surface area contributed by atoms with Gasteiger partial charge in [-0.15, -0.1) is 0 Å². The van der Waals surface area contributed by atoms with E-state index in [0.717, 1.165) is 5.56 Å². The molecule has 0 spiro atoms. The molecular weight excluding hydrogens is 259 g/mol. The Hall–Kier alpha value is -1.91. The maximum atomic E-state index is 12.7. The van der Waals surface area contributed by atoms with Crippen LogP contribution < -0.4 is 5.32 Å². The molecule has 1 aromatic carbocycles. The molecular formula is C15H21FN2O2. The molecule has 0 heterocycles. The minimum absolute atomic E-state index is 0.120. The third-order valence-electron chi connectivity index (χ3n) is 3.08. The number of hydrogen-bond donors (Lipinski definition) is 1. The largest absolute Gasteiger partial charge is 0.355 e. The number of benzene rings is 1. The number of halogens is 1. The molecule has 0 saturated heterocycles. The first kappa shape index (κ1) is 16.1. The van der Waals surface area contributed by atoms with Crippen LogP contribution in [-0.2, 0) is 16.0 Å². The molecule has 0 fully saturated rings. The first-order chi connectivity index (χ1) is 9.56. The van der Waals surface area contributed by atoms with Crippen molar-refractivity contribution in [2.75, 3.05) is 19.6 Å². The first-order valence-electron chi connectivity index (χ1n) is 6.85. The Morgan fingerprint density at radius 2 is 1.75 bits per heavy atom. The van der Waals surface area contributed by atoms with Crippen molar-refractivity contribution in [1.82, 2.24) is 10.2 Å². The average molecular weight is 280 g/mol. The molecule has 0 aliphatic carbocycles. The van der Waals surface area contributed by atoms with Crippen molar-refractivity contribution in [2.24, 2.45) is 0 Å². The summed E-state index contributed by atoms with van der Waals surface area (Å²) in [6.07, 6.45) is 0.497. The molecule has 0 saturated carbocycles. The highest BCUT2D eigenvalue weighted by Crippen LogP contribution is 2.02. The molecule has 0 aromatic heterocycles. The predicted molar refractivity (Wildman–Crippen MR) is 75.7 cm³/mol. The summed E-state index contributed by atoms with van der Waals surface area (Å²) in [4.78, 5) is 24.9. The molecule has 110 valence electrons. The minimum atomic E-state index is -0.275. The Morgan fingerprint density at radius 1 is 1.15 bits per heavy atom. The summed E-state index contributed by atoms with van der Waals surface area (Å²) in [5, 5.41) is 2.70. The Kier molecular flexibility index (Phi) is 6.70. The van der Waals surface area contributed by atoms with Gasteiger partial charge in [-0.25, -0.2) is 4.39 Å². The zero-order chi connectivity index (χ0) is 15.0. The fourth-order valence-corrected chi connectivity index (χ4v) is 1.89. The topological polar surface area (TPSA) is 49.4 Å². The van der Waals surface area contributed by atoms with E-state index in [1.807, 2.05) is 13.8 Å². The lowest BCUT2D eigenvalue weighted by atomic mass is 10.1. The summed E-state index contributed by atoms with van der Waals surface area (Å²) in [6, 6.07) is 6.15. The normalized spacial score (nSPS) is 10.2. The highest BCUT2D eigenvalue weighted by molar-refractivity contribution is 5.96. The van der Waals surface area contributed by atoms with Crippen molar-refractivity contribution >= 4 is 11.8 Å². The Morgan fingerprint density at radius 3 is 2.30 bits per heavy atom. The van der Waals surface area contributed by atoms with E-state index in [9.17, 15) is 14.0 Å². The molecule has 1 N–H and O–H groups in total. The van der Waals surface area contributed by atoms with E-state index in [0.29, 0.717) is 26.1 Å². The molecule has 0 aliphatic rings. The number of hydrogen-bond acceptors (Lipinski definition) is 2. The van der Waals surface area contributed by atoms with Gasteiger partial charge in [-0.1, -0.05) is 12.1 Å². The summed E-state index contributed by atoms with van der Waals surface area (Å²) in [6.45, 7) is 5.42. The zero-order valence-electron chi connectivity index (χ0n) is 12.0. The van der Waals surface area contributed by atoms with Gasteiger partial charge in [0.25, 0.3) is 0 Å². The van der Waals surface area contributed by atoms with Gasteiger partial charge < -0.3 is 10.2 Å². The van der Waals surface area contributed by atoms with Crippen molar-refractivity contribution in [1.29, 1.82) is 0 Å². The van der Waals surface area contributed by atoms with E-state index in [2.05, 4.69) is 5.32 Å². The fourth-order valence-electron chi connectivity index (χ4n) is 1.89. The molecule has 2 amide bonds. The lowest BCUT2D eigenvalue weighted by Crippen LogP contribution is -2.36. The lowest BCUT2D eigenvalue weighted by molar-refractivity contribution is -0.135. The zero-order valence-corrected chi connectivity index (χ0v) is 12.0. The second kappa shape index (κ2) is 8.30. The average Bonchev–Trinajstić information content (AvgIpc) is 2.42. The van der Waals surface area contributed by atoms with Gasteiger partial charge in [0.1, 0.15) is 12.2 Å². The van der Waals surface area contributed by atoms with Gasteiger partial charge in [-0.3, -0.25) is 9.59 Å². The van der Waals surface area contributed by atoms with Gasteiger partial charge in [0, 0.05) is 19.6 Å². The highest BCUT2D eigenvalue weighted by atomic mass is 19.1. The SMILES string of the molecule is CCN(CC)C(=O)CC(=O)NCCc1ccc(F)cc1. The van der Waals surface area contributed by atoms with Gasteiger partial charge in [0.15, 0.2) is 0 Å². The number of nitrogens with one attached hydrogen (secondary N) is 1. The molecule has 0 bridgehead atoms. The molecule has 5 heteroatoms. The number of carbonyl (C=O) groups excluding carboxylic acids is 2. The van der Waals surface area contributed by atoms with E-state index in [1.165, 1.54) is 12.1 Å². The van der Waals surface area contributed by atoms with Crippen molar-refractivity contribution < 1.29 is 14.0 Å².